The van der Waals surface area contributed by atoms with Gasteiger partial charge in [0, 0.05) is 11.9 Å². The van der Waals surface area contributed by atoms with Crippen molar-refractivity contribution in [3.63, 3.8) is 0 Å². The van der Waals surface area contributed by atoms with E-state index in [0.717, 1.165) is 28.8 Å². The number of anilines is 1. The summed E-state index contributed by atoms with van der Waals surface area (Å²) in [5.41, 5.74) is 2.69. The number of aromatic amines is 1. The normalized spacial score (nSPS) is 13.6. The number of thioether (sulfide) groups is 1. The Morgan fingerprint density at radius 3 is 2.62 bits per heavy atom. The molecule has 7 heteroatoms. The van der Waals surface area contributed by atoms with Crippen LogP contribution >= 0.6 is 23.4 Å². The molecule has 1 aliphatic heterocycles. The van der Waals surface area contributed by atoms with Gasteiger partial charge in [-0.05, 0) is 18.2 Å². The van der Waals surface area contributed by atoms with E-state index in [9.17, 15) is 4.79 Å². The minimum Gasteiger partial charge on any atom is -0.491 e. The molecule has 0 saturated heterocycles. The van der Waals surface area contributed by atoms with Crippen molar-refractivity contribution in [1.29, 1.82) is 0 Å². The van der Waals surface area contributed by atoms with Gasteiger partial charge in [0.05, 0.1) is 30.4 Å². The van der Waals surface area contributed by atoms with Crippen molar-refractivity contribution in [3.05, 3.63) is 10.6 Å². The van der Waals surface area contributed by atoms with Crippen LogP contribution in [0.5, 0.6) is 11.5 Å². The first-order chi connectivity index (χ1) is 10.2. The van der Waals surface area contributed by atoms with Crippen LogP contribution in [0.3, 0.4) is 0 Å². The number of halogens is 1. The fraction of sp³-hybridized carbons (Fsp3) is 0.357. The first kappa shape index (κ1) is 14.4. The molecule has 2 heterocycles. The zero-order chi connectivity index (χ0) is 15.1. The third kappa shape index (κ3) is 1.89. The summed E-state index contributed by atoms with van der Waals surface area (Å²) < 4.78 is 10.9. The number of benzene rings is 1. The number of carbonyl (C=O) groups excluding carboxylic acids is 1. The number of hydrogen-bond donors (Lipinski definition) is 1. The van der Waals surface area contributed by atoms with E-state index in [2.05, 4.69) is 4.98 Å². The molecule has 2 aromatic rings. The lowest BCUT2D eigenvalue weighted by Crippen LogP contribution is -2.27. The number of rotatable bonds is 4. The van der Waals surface area contributed by atoms with Crippen molar-refractivity contribution in [2.24, 2.45) is 0 Å². The lowest BCUT2D eigenvalue weighted by Gasteiger charge is -2.26. The van der Waals surface area contributed by atoms with Crippen molar-refractivity contribution in [1.82, 2.24) is 4.98 Å². The monoisotopic (exact) mass is 326 g/mol. The summed E-state index contributed by atoms with van der Waals surface area (Å²) in [5.74, 6) is 1.01. The van der Waals surface area contributed by atoms with Crippen LogP contribution in [0.4, 0.5) is 5.69 Å². The van der Waals surface area contributed by atoms with Crippen molar-refractivity contribution in [3.8, 4) is 11.5 Å². The Bertz CT molecular complexity index is 729. The second kappa shape index (κ2) is 5.35. The second-order valence-corrected chi connectivity index (χ2v) is 5.86. The summed E-state index contributed by atoms with van der Waals surface area (Å²) in [6.45, 7) is 0.603. The maximum Gasteiger partial charge on any atom is 0.214 e. The van der Waals surface area contributed by atoms with E-state index in [1.54, 1.807) is 23.8 Å². The van der Waals surface area contributed by atoms with Gasteiger partial charge in [0.2, 0.25) is 6.41 Å². The van der Waals surface area contributed by atoms with Gasteiger partial charge < -0.3 is 19.4 Å². The molecule has 0 atom stereocenters. The minimum atomic E-state index is 0.404. The zero-order valence-electron chi connectivity index (χ0n) is 11.9. The summed E-state index contributed by atoms with van der Waals surface area (Å²) in [4.78, 5) is 16.4. The Balaban J connectivity index is 2.49. The molecule has 0 unspecified atom stereocenters. The van der Waals surface area contributed by atoms with Crippen LogP contribution in [0.15, 0.2) is 5.03 Å². The Kier molecular flexibility index (Phi) is 3.67. The molecule has 112 valence electrons. The summed E-state index contributed by atoms with van der Waals surface area (Å²) in [7, 11) is 3.12. The lowest BCUT2D eigenvalue weighted by molar-refractivity contribution is -0.107. The van der Waals surface area contributed by atoms with Crippen LogP contribution in [0.1, 0.15) is 5.56 Å². The predicted octanol–water partition coefficient (Wildman–Crippen LogP) is 3.08. The van der Waals surface area contributed by atoms with Crippen LogP contribution in [-0.2, 0) is 11.2 Å². The molecular weight excluding hydrogens is 312 g/mol. The topological polar surface area (TPSA) is 54.6 Å². The Labute approximate surface area is 131 Å². The number of hydrogen-bond acceptors (Lipinski definition) is 4. The standard InChI is InChI=1S/C14H15ClN2O3S/c1-19-12-9(15)11-8-7(4-5-17(11)6-18)14(21-3)16-10(8)13(12)20-2/h6,16H,4-5H2,1-3H3. The largest absolute Gasteiger partial charge is 0.491 e. The molecular formula is C14H15ClN2O3S. The Morgan fingerprint density at radius 1 is 1.33 bits per heavy atom. The number of methoxy groups -OCH3 is 2. The SMILES string of the molecule is COc1c(Cl)c2c3c(c(SC)[nH]c3c1OC)CCN2C=O. The summed E-state index contributed by atoms with van der Waals surface area (Å²) >= 11 is 8.11. The van der Waals surface area contributed by atoms with E-state index < -0.39 is 0 Å². The van der Waals surface area contributed by atoms with Gasteiger partial charge in [0.25, 0.3) is 0 Å². The highest BCUT2D eigenvalue weighted by Gasteiger charge is 2.31. The summed E-state index contributed by atoms with van der Waals surface area (Å²) in [6.07, 6.45) is 3.60. The quantitative estimate of drug-likeness (QED) is 0.693. The molecule has 1 amide bonds. The molecule has 1 N–H and O–H groups in total. The molecule has 3 rings (SSSR count). The molecule has 1 aromatic heterocycles. The molecule has 0 fully saturated rings. The summed E-state index contributed by atoms with van der Waals surface area (Å²) in [5, 5.41) is 2.42. The van der Waals surface area contributed by atoms with Crippen molar-refractivity contribution < 1.29 is 14.3 Å². The maximum absolute atomic E-state index is 11.4. The molecule has 0 bridgehead atoms. The highest BCUT2D eigenvalue weighted by molar-refractivity contribution is 7.98. The van der Waals surface area contributed by atoms with E-state index in [1.807, 2.05) is 6.26 Å². The number of carbonyl (C=O) groups is 1. The molecule has 0 radical (unpaired) electrons. The lowest BCUT2D eigenvalue weighted by atomic mass is 10.0. The summed E-state index contributed by atoms with van der Waals surface area (Å²) in [6, 6.07) is 0. The van der Waals surface area contributed by atoms with E-state index in [-0.39, 0.29) is 0 Å². The number of H-pyrrole nitrogens is 1. The van der Waals surface area contributed by atoms with Crippen molar-refractivity contribution in [2.75, 3.05) is 31.9 Å². The van der Waals surface area contributed by atoms with Crippen LogP contribution < -0.4 is 14.4 Å². The van der Waals surface area contributed by atoms with Gasteiger partial charge in [0.15, 0.2) is 11.5 Å². The number of amides is 1. The van der Waals surface area contributed by atoms with Crippen LogP contribution in [-0.4, -0.2) is 38.4 Å². The van der Waals surface area contributed by atoms with Gasteiger partial charge in [-0.25, -0.2) is 0 Å². The van der Waals surface area contributed by atoms with Crippen LogP contribution in [0, 0.1) is 0 Å². The van der Waals surface area contributed by atoms with Gasteiger partial charge in [-0.3, -0.25) is 4.79 Å². The van der Waals surface area contributed by atoms with Gasteiger partial charge in [-0.2, -0.15) is 0 Å². The third-order valence-corrected chi connectivity index (χ3v) is 4.88. The van der Waals surface area contributed by atoms with Crippen molar-refractivity contribution in [2.45, 2.75) is 11.4 Å². The van der Waals surface area contributed by atoms with E-state index in [0.29, 0.717) is 28.8 Å². The molecule has 0 saturated carbocycles. The molecule has 21 heavy (non-hydrogen) atoms. The molecule has 5 nitrogen and oxygen atoms in total. The molecule has 1 aliphatic rings. The fourth-order valence-electron chi connectivity index (χ4n) is 2.89. The smallest absolute Gasteiger partial charge is 0.214 e. The van der Waals surface area contributed by atoms with E-state index in [4.69, 9.17) is 21.1 Å². The second-order valence-electron chi connectivity index (χ2n) is 4.66. The number of ether oxygens (including phenoxy) is 2. The van der Waals surface area contributed by atoms with Crippen LogP contribution in [0.2, 0.25) is 5.02 Å². The van der Waals surface area contributed by atoms with Gasteiger partial charge in [-0.1, -0.05) is 11.6 Å². The van der Waals surface area contributed by atoms with Crippen LogP contribution in [0.25, 0.3) is 10.9 Å². The number of nitrogens with one attached hydrogen (secondary N) is 1. The zero-order valence-corrected chi connectivity index (χ0v) is 13.5. The highest BCUT2D eigenvalue weighted by Crippen LogP contribution is 2.52. The Morgan fingerprint density at radius 2 is 2.05 bits per heavy atom. The van der Waals surface area contributed by atoms with Gasteiger partial charge >= 0.3 is 0 Å². The molecule has 0 aliphatic carbocycles. The predicted molar refractivity (Wildman–Crippen MR) is 85.3 cm³/mol. The minimum absolute atomic E-state index is 0.404. The maximum atomic E-state index is 11.4. The molecule has 0 spiro atoms. The first-order valence-electron chi connectivity index (χ1n) is 6.41. The Hall–Kier alpha value is -1.53. The molecule has 1 aromatic carbocycles. The average molecular weight is 327 g/mol. The van der Waals surface area contributed by atoms with E-state index in [1.165, 1.54) is 12.7 Å². The highest BCUT2D eigenvalue weighted by atomic mass is 35.5. The number of aromatic nitrogens is 1. The average Bonchev–Trinajstić information content (AvgIpc) is 2.89. The fourth-order valence-corrected chi connectivity index (χ4v) is 3.91. The first-order valence-corrected chi connectivity index (χ1v) is 8.02. The van der Waals surface area contributed by atoms with Crippen molar-refractivity contribution >= 4 is 46.4 Å². The van der Waals surface area contributed by atoms with E-state index >= 15 is 0 Å². The van der Waals surface area contributed by atoms with Gasteiger partial charge in [0.1, 0.15) is 5.02 Å². The van der Waals surface area contributed by atoms with Gasteiger partial charge in [-0.15, -0.1) is 11.8 Å². The third-order valence-electron chi connectivity index (χ3n) is 3.77. The number of nitrogens with zero attached hydrogens (tertiary/aromatic N) is 1.